The normalized spacial score (nSPS) is 18.4. The van der Waals surface area contributed by atoms with Gasteiger partial charge in [0.15, 0.2) is 0 Å². The number of aryl methyl sites for hydroxylation is 1. The number of piperidine rings is 1. The molecule has 0 spiro atoms. The van der Waals surface area contributed by atoms with Crippen LogP contribution >= 0.6 is 0 Å². The SMILES string of the molecule is C#Cc1ccc(-c2nnc(NC3CCCN(C)C3)cc2C)nc1. The lowest BCUT2D eigenvalue weighted by atomic mass is 10.1. The largest absolute Gasteiger partial charge is 0.365 e. The van der Waals surface area contributed by atoms with E-state index in [0.717, 1.165) is 34.9 Å². The first kappa shape index (κ1) is 15.4. The van der Waals surface area contributed by atoms with Crippen LogP contribution in [-0.4, -0.2) is 46.3 Å². The zero-order valence-electron chi connectivity index (χ0n) is 13.6. The lowest BCUT2D eigenvalue weighted by molar-refractivity contribution is 0.260. The minimum Gasteiger partial charge on any atom is -0.365 e. The molecule has 23 heavy (non-hydrogen) atoms. The van der Waals surface area contributed by atoms with E-state index in [4.69, 9.17) is 6.42 Å². The Morgan fingerprint density at radius 2 is 2.22 bits per heavy atom. The quantitative estimate of drug-likeness (QED) is 0.882. The van der Waals surface area contributed by atoms with Crippen molar-refractivity contribution in [2.45, 2.75) is 25.8 Å². The van der Waals surface area contributed by atoms with Gasteiger partial charge in [-0.25, -0.2) is 0 Å². The van der Waals surface area contributed by atoms with Crippen LogP contribution in [-0.2, 0) is 0 Å². The van der Waals surface area contributed by atoms with Gasteiger partial charge in [0.1, 0.15) is 11.5 Å². The Morgan fingerprint density at radius 1 is 1.35 bits per heavy atom. The predicted octanol–water partition coefficient (Wildman–Crippen LogP) is 2.33. The van der Waals surface area contributed by atoms with E-state index in [-0.39, 0.29) is 0 Å². The Balaban J connectivity index is 1.76. The van der Waals surface area contributed by atoms with E-state index in [2.05, 4.69) is 38.4 Å². The zero-order valence-corrected chi connectivity index (χ0v) is 13.6. The van der Waals surface area contributed by atoms with E-state index in [1.165, 1.54) is 19.4 Å². The van der Waals surface area contributed by atoms with Crippen molar-refractivity contribution in [2.75, 3.05) is 25.5 Å². The lowest BCUT2D eigenvalue weighted by Crippen LogP contribution is -2.39. The van der Waals surface area contributed by atoms with Crippen molar-refractivity contribution in [1.29, 1.82) is 0 Å². The van der Waals surface area contributed by atoms with E-state index >= 15 is 0 Å². The minimum absolute atomic E-state index is 0.432. The molecule has 2 aromatic rings. The first-order chi connectivity index (χ1) is 11.2. The van der Waals surface area contributed by atoms with Gasteiger partial charge in [-0.15, -0.1) is 16.6 Å². The topological polar surface area (TPSA) is 53.9 Å². The Bertz CT molecular complexity index is 717. The third-order valence-corrected chi connectivity index (χ3v) is 4.13. The zero-order chi connectivity index (χ0) is 16.2. The van der Waals surface area contributed by atoms with Crippen LogP contribution in [0.1, 0.15) is 24.0 Å². The highest BCUT2D eigenvalue weighted by atomic mass is 15.2. The fourth-order valence-corrected chi connectivity index (χ4v) is 2.92. The monoisotopic (exact) mass is 307 g/mol. The lowest BCUT2D eigenvalue weighted by Gasteiger charge is -2.30. The summed E-state index contributed by atoms with van der Waals surface area (Å²) in [5, 5.41) is 12.2. The number of hydrogen-bond acceptors (Lipinski definition) is 5. The summed E-state index contributed by atoms with van der Waals surface area (Å²) < 4.78 is 0. The van der Waals surface area contributed by atoms with Crippen LogP contribution in [0.4, 0.5) is 5.82 Å². The van der Waals surface area contributed by atoms with E-state index in [9.17, 15) is 0 Å². The highest BCUT2D eigenvalue weighted by Crippen LogP contribution is 2.21. The summed E-state index contributed by atoms with van der Waals surface area (Å²) in [4.78, 5) is 6.70. The standard InChI is InChI=1S/C18H21N5/c1-4-14-7-8-16(19-11-14)18-13(2)10-17(21-22-18)20-15-6-5-9-23(3)12-15/h1,7-8,10-11,15H,5-6,9,12H2,2-3H3,(H,20,21). The number of hydrogen-bond donors (Lipinski definition) is 1. The number of nitrogens with zero attached hydrogens (tertiary/aromatic N) is 4. The van der Waals surface area contributed by atoms with Gasteiger partial charge in [0.05, 0.1) is 5.69 Å². The van der Waals surface area contributed by atoms with E-state index in [1.54, 1.807) is 6.20 Å². The van der Waals surface area contributed by atoms with Crippen LogP contribution in [0.3, 0.4) is 0 Å². The first-order valence-corrected chi connectivity index (χ1v) is 7.88. The summed E-state index contributed by atoms with van der Waals surface area (Å²) in [7, 11) is 2.15. The van der Waals surface area contributed by atoms with Crippen molar-refractivity contribution in [2.24, 2.45) is 0 Å². The van der Waals surface area contributed by atoms with E-state index in [0.29, 0.717) is 6.04 Å². The van der Waals surface area contributed by atoms with Gasteiger partial charge in [-0.2, -0.15) is 0 Å². The molecule has 1 saturated heterocycles. The van der Waals surface area contributed by atoms with Gasteiger partial charge >= 0.3 is 0 Å². The fourth-order valence-electron chi connectivity index (χ4n) is 2.92. The molecule has 0 aromatic carbocycles. The van der Waals surface area contributed by atoms with Crippen LogP contribution in [0.5, 0.6) is 0 Å². The van der Waals surface area contributed by atoms with Gasteiger partial charge in [-0.05, 0) is 57.1 Å². The molecule has 3 rings (SSSR count). The molecule has 1 aliphatic rings. The summed E-state index contributed by atoms with van der Waals surface area (Å²) in [6.45, 7) is 4.23. The second kappa shape index (κ2) is 6.76. The third kappa shape index (κ3) is 3.66. The average molecular weight is 307 g/mol. The molecule has 1 fully saturated rings. The summed E-state index contributed by atoms with van der Waals surface area (Å²) in [6.07, 6.45) is 9.42. The second-order valence-electron chi connectivity index (χ2n) is 6.08. The molecule has 0 aliphatic carbocycles. The molecule has 2 aromatic heterocycles. The molecule has 118 valence electrons. The third-order valence-electron chi connectivity index (χ3n) is 4.13. The maximum atomic E-state index is 5.36. The van der Waals surface area contributed by atoms with Crippen LogP contribution in [0.2, 0.25) is 0 Å². The smallest absolute Gasteiger partial charge is 0.149 e. The Kier molecular flexibility index (Phi) is 4.54. The average Bonchev–Trinajstić information content (AvgIpc) is 2.55. The molecule has 0 radical (unpaired) electrons. The molecular formula is C18H21N5. The number of likely N-dealkylation sites (N-methyl/N-ethyl adjacent to an activating group) is 1. The number of aromatic nitrogens is 3. The molecule has 0 amide bonds. The van der Waals surface area contributed by atoms with Crippen molar-refractivity contribution >= 4 is 5.82 Å². The predicted molar refractivity (Wildman–Crippen MR) is 92.1 cm³/mol. The molecule has 5 nitrogen and oxygen atoms in total. The van der Waals surface area contributed by atoms with Crippen molar-refractivity contribution in [3.05, 3.63) is 35.5 Å². The van der Waals surface area contributed by atoms with Gasteiger partial charge in [0.2, 0.25) is 0 Å². The number of anilines is 1. The number of likely N-dealkylation sites (tertiary alicyclic amines) is 1. The van der Waals surface area contributed by atoms with Crippen molar-refractivity contribution in [1.82, 2.24) is 20.1 Å². The Morgan fingerprint density at radius 3 is 2.87 bits per heavy atom. The Labute approximate surface area is 137 Å². The van der Waals surface area contributed by atoms with Crippen molar-refractivity contribution in [3.63, 3.8) is 0 Å². The summed E-state index contributed by atoms with van der Waals surface area (Å²) >= 11 is 0. The van der Waals surface area contributed by atoms with Gasteiger partial charge in [0.25, 0.3) is 0 Å². The Hall–Kier alpha value is -2.45. The maximum absolute atomic E-state index is 5.36. The summed E-state index contributed by atoms with van der Waals surface area (Å²) in [5.41, 5.74) is 3.39. The van der Waals surface area contributed by atoms with Gasteiger partial charge in [-0.3, -0.25) is 4.98 Å². The second-order valence-corrected chi connectivity index (χ2v) is 6.08. The number of nitrogens with one attached hydrogen (secondary N) is 1. The van der Waals surface area contributed by atoms with Gasteiger partial charge in [-0.1, -0.05) is 5.92 Å². The van der Waals surface area contributed by atoms with Gasteiger partial charge < -0.3 is 10.2 Å². The highest BCUT2D eigenvalue weighted by Gasteiger charge is 2.18. The van der Waals surface area contributed by atoms with Crippen molar-refractivity contribution < 1.29 is 0 Å². The number of pyridine rings is 1. The number of rotatable bonds is 3. The highest BCUT2D eigenvalue weighted by molar-refractivity contribution is 5.60. The van der Waals surface area contributed by atoms with E-state index < -0.39 is 0 Å². The maximum Gasteiger partial charge on any atom is 0.149 e. The molecule has 1 unspecified atom stereocenters. The molecule has 5 heteroatoms. The molecule has 0 bridgehead atoms. The number of terminal acetylenes is 1. The van der Waals surface area contributed by atoms with Crippen molar-refractivity contribution in [3.8, 4) is 23.7 Å². The van der Waals surface area contributed by atoms with Gasteiger partial charge in [0, 0.05) is 24.3 Å². The molecule has 0 saturated carbocycles. The fraction of sp³-hybridized carbons (Fsp3) is 0.389. The summed E-state index contributed by atoms with van der Waals surface area (Å²) in [6, 6.07) is 6.22. The minimum atomic E-state index is 0.432. The molecule has 1 aliphatic heterocycles. The first-order valence-electron chi connectivity index (χ1n) is 7.88. The molecule has 1 atom stereocenters. The molecular weight excluding hydrogens is 286 g/mol. The molecule has 3 heterocycles. The summed E-state index contributed by atoms with van der Waals surface area (Å²) in [5.74, 6) is 3.39. The van der Waals surface area contributed by atoms with Crippen LogP contribution in [0.15, 0.2) is 24.4 Å². The van der Waals surface area contributed by atoms with Crippen LogP contribution in [0, 0.1) is 19.3 Å². The van der Waals surface area contributed by atoms with Crippen LogP contribution < -0.4 is 5.32 Å². The van der Waals surface area contributed by atoms with E-state index in [1.807, 2.05) is 25.1 Å². The van der Waals surface area contributed by atoms with Crippen LogP contribution in [0.25, 0.3) is 11.4 Å². The molecule has 1 N–H and O–H groups in total.